The standard InChI is InChI=1S/C24H27ClN2O3/c1-30-20-12-7-9-17(14-20)23-24(29)26(19-10-3-2-4-11-19)16-22(28)27(23)15-18-8-5-6-13-21(18)25/h5-9,12-14,19,23H,2-4,10-11,15-16H2,1H3/t23-/m0/s1. The summed E-state index contributed by atoms with van der Waals surface area (Å²) in [6.07, 6.45) is 5.35. The zero-order chi connectivity index (χ0) is 21.1. The third kappa shape index (κ3) is 4.17. The van der Waals surface area contributed by atoms with Crippen LogP contribution < -0.4 is 4.74 Å². The maximum Gasteiger partial charge on any atom is 0.250 e. The molecule has 0 spiro atoms. The Hall–Kier alpha value is -2.53. The smallest absolute Gasteiger partial charge is 0.250 e. The van der Waals surface area contributed by atoms with Gasteiger partial charge in [0.15, 0.2) is 0 Å². The monoisotopic (exact) mass is 426 g/mol. The van der Waals surface area contributed by atoms with Crippen LogP contribution in [0.15, 0.2) is 48.5 Å². The van der Waals surface area contributed by atoms with Gasteiger partial charge in [0.2, 0.25) is 5.91 Å². The fourth-order valence-electron chi connectivity index (χ4n) is 4.57. The molecule has 0 bridgehead atoms. The van der Waals surface area contributed by atoms with Crippen LogP contribution in [0.5, 0.6) is 5.75 Å². The second-order valence-electron chi connectivity index (χ2n) is 8.05. The Morgan fingerprint density at radius 2 is 1.80 bits per heavy atom. The molecule has 1 saturated carbocycles. The van der Waals surface area contributed by atoms with E-state index in [-0.39, 0.29) is 24.4 Å². The lowest BCUT2D eigenvalue weighted by Gasteiger charge is -2.44. The maximum absolute atomic E-state index is 13.7. The number of rotatable bonds is 5. The summed E-state index contributed by atoms with van der Waals surface area (Å²) in [7, 11) is 1.60. The summed E-state index contributed by atoms with van der Waals surface area (Å²) in [5.41, 5.74) is 1.60. The van der Waals surface area contributed by atoms with E-state index in [0.717, 1.165) is 36.8 Å². The molecule has 0 aromatic heterocycles. The molecule has 2 fully saturated rings. The number of benzene rings is 2. The molecule has 2 aromatic rings. The SMILES string of the molecule is COc1cccc([C@H]2C(=O)N(C3CCCCC3)CC(=O)N2Cc2ccccc2Cl)c1. The summed E-state index contributed by atoms with van der Waals surface area (Å²) in [6.45, 7) is 0.430. The van der Waals surface area contributed by atoms with E-state index < -0.39 is 6.04 Å². The number of hydrogen-bond donors (Lipinski definition) is 0. The molecule has 2 aliphatic rings. The second kappa shape index (κ2) is 9.09. The van der Waals surface area contributed by atoms with Gasteiger partial charge in [-0.15, -0.1) is 0 Å². The minimum Gasteiger partial charge on any atom is -0.497 e. The van der Waals surface area contributed by atoms with Crippen molar-refractivity contribution in [2.75, 3.05) is 13.7 Å². The van der Waals surface area contributed by atoms with E-state index in [4.69, 9.17) is 16.3 Å². The van der Waals surface area contributed by atoms with Gasteiger partial charge in [0, 0.05) is 17.6 Å². The van der Waals surface area contributed by atoms with E-state index in [0.29, 0.717) is 17.3 Å². The third-order valence-corrected chi connectivity index (χ3v) is 6.55. The number of nitrogens with zero attached hydrogens (tertiary/aromatic N) is 2. The molecule has 1 atom stereocenters. The Balaban J connectivity index is 1.71. The summed E-state index contributed by atoms with van der Waals surface area (Å²) in [5, 5.41) is 0.594. The number of carbonyl (C=O) groups is 2. The molecular weight excluding hydrogens is 400 g/mol. The average Bonchev–Trinajstić information content (AvgIpc) is 2.78. The van der Waals surface area contributed by atoms with Crippen molar-refractivity contribution in [1.82, 2.24) is 9.80 Å². The van der Waals surface area contributed by atoms with Gasteiger partial charge in [-0.05, 0) is 42.2 Å². The predicted molar refractivity (Wildman–Crippen MR) is 116 cm³/mol. The van der Waals surface area contributed by atoms with Crippen LogP contribution in [0.2, 0.25) is 5.02 Å². The molecule has 6 heteroatoms. The number of ether oxygens (including phenoxy) is 1. The van der Waals surface area contributed by atoms with Crippen molar-refractivity contribution in [2.24, 2.45) is 0 Å². The van der Waals surface area contributed by atoms with E-state index in [1.165, 1.54) is 6.42 Å². The first-order valence-electron chi connectivity index (χ1n) is 10.6. The van der Waals surface area contributed by atoms with Crippen LogP contribution in [0, 0.1) is 0 Å². The molecule has 0 unspecified atom stereocenters. The predicted octanol–water partition coefficient (Wildman–Crippen LogP) is 4.59. The van der Waals surface area contributed by atoms with Gasteiger partial charge in [-0.1, -0.05) is 61.2 Å². The van der Waals surface area contributed by atoms with Crippen LogP contribution in [0.25, 0.3) is 0 Å². The molecule has 2 aromatic carbocycles. The molecule has 2 amide bonds. The second-order valence-corrected chi connectivity index (χ2v) is 8.46. The van der Waals surface area contributed by atoms with Crippen LogP contribution in [-0.2, 0) is 16.1 Å². The summed E-state index contributed by atoms with van der Waals surface area (Å²) in [4.78, 5) is 30.5. The normalized spacial score (nSPS) is 20.5. The number of amides is 2. The molecule has 0 N–H and O–H groups in total. The third-order valence-electron chi connectivity index (χ3n) is 6.18. The van der Waals surface area contributed by atoms with Gasteiger partial charge < -0.3 is 14.5 Å². The quantitative estimate of drug-likeness (QED) is 0.702. The Bertz CT molecular complexity index is 926. The Kier molecular flexibility index (Phi) is 6.28. The Morgan fingerprint density at radius 3 is 2.53 bits per heavy atom. The molecule has 1 saturated heterocycles. The van der Waals surface area contributed by atoms with Crippen molar-refractivity contribution >= 4 is 23.4 Å². The van der Waals surface area contributed by atoms with Crippen molar-refractivity contribution in [3.05, 3.63) is 64.7 Å². The number of methoxy groups -OCH3 is 1. The molecule has 158 valence electrons. The van der Waals surface area contributed by atoms with Gasteiger partial charge in [-0.2, -0.15) is 0 Å². The molecule has 0 radical (unpaired) electrons. The van der Waals surface area contributed by atoms with E-state index >= 15 is 0 Å². The lowest BCUT2D eigenvalue weighted by atomic mass is 9.91. The molecule has 1 aliphatic heterocycles. The van der Waals surface area contributed by atoms with Crippen LogP contribution in [-0.4, -0.2) is 41.3 Å². The van der Waals surface area contributed by atoms with Gasteiger partial charge in [-0.25, -0.2) is 0 Å². The highest BCUT2D eigenvalue weighted by Gasteiger charge is 2.43. The largest absolute Gasteiger partial charge is 0.497 e. The highest BCUT2D eigenvalue weighted by molar-refractivity contribution is 6.31. The number of hydrogen-bond acceptors (Lipinski definition) is 3. The first kappa shape index (κ1) is 20.7. The van der Waals surface area contributed by atoms with Crippen molar-refractivity contribution in [3.63, 3.8) is 0 Å². The zero-order valence-corrected chi connectivity index (χ0v) is 18.0. The molecular formula is C24H27ClN2O3. The van der Waals surface area contributed by atoms with Crippen molar-refractivity contribution in [1.29, 1.82) is 0 Å². The van der Waals surface area contributed by atoms with Gasteiger partial charge in [-0.3, -0.25) is 9.59 Å². The van der Waals surface area contributed by atoms with Crippen molar-refractivity contribution in [3.8, 4) is 5.75 Å². The van der Waals surface area contributed by atoms with E-state index in [1.807, 2.05) is 53.4 Å². The summed E-state index contributed by atoms with van der Waals surface area (Å²) in [6, 6.07) is 14.4. The fraction of sp³-hybridized carbons (Fsp3) is 0.417. The van der Waals surface area contributed by atoms with E-state index in [1.54, 1.807) is 12.0 Å². The first-order chi connectivity index (χ1) is 14.6. The van der Waals surface area contributed by atoms with Gasteiger partial charge in [0.05, 0.1) is 7.11 Å². The lowest BCUT2D eigenvalue weighted by molar-refractivity contribution is -0.160. The highest BCUT2D eigenvalue weighted by atomic mass is 35.5. The number of piperazine rings is 1. The van der Waals surface area contributed by atoms with E-state index in [9.17, 15) is 9.59 Å². The minimum atomic E-state index is -0.681. The molecule has 4 rings (SSSR count). The fourth-order valence-corrected chi connectivity index (χ4v) is 4.77. The van der Waals surface area contributed by atoms with Crippen molar-refractivity contribution < 1.29 is 14.3 Å². The maximum atomic E-state index is 13.7. The van der Waals surface area contributed by atoms with Crippen LogP contribution in [0.1, 0.15) is 49.3 Å². The lowest BCUT2D eigenvalue weighted by Crippen LogP contribution is -2.58. The summed E-state index contributed by atoms with van der Waals surface area (Å²) >= 11 is 6.37. The molecule has 5 nitrogen and oxygen atoms in total. The topological polar surface area (TPSA) is 49.9 Å². The van der Waals surface area contributed by atoms with Crippen LogP contribution in [0.4, 0.5) is 0 Å². The zero-order valence-electron chi connectivity index (χ0n) is 17.2. The Labute approximate surface area is 182 Å². The molecule has 1 aliphatic carbocycles. The Morgan fingerprint density at radius 1 is 1.03 bits per heavy atom. The van der Waals surface area contributed by atoms with Crippen LogP contribution in [0.3, 0.4) is 0 Å². The molecule has 30 heavy (non-hydrogen) atoms. The number of halogens is 1. The first-order valence-corrected chi connectivity index (χ1v) is 10.9. The van der Waals surface area contributed by atoms with E-state index in [2.05, 4.69) is 0 Å². The summed E-state index contributed by atoms with van der Waals surface area (Å²) < 4.78 is 5.37. The summed E-state index contributed by atoms with van der Waals surface area (Å²) in [5.74, 6) is 0.606. The average molecular weight is 427 g/mol. The van der Waals surface area contributed by atoms with Gasteiger partial charge >= 0.3 is 0 Å². The van der Waals surface area contributed by atoms with Crippen molar-refractivity contribution in [2.45, 2.75) is 50.7 Å². The minimum absolute atomic E-state index is 0.0122. The van der Waals surface area contributed by atoms with Gasteiger partial charge in [0.1, 0.15) is 18.3 Å². The molecule has 1 heterocycles. The number of carbonyl (C=O) groups excluding carboxylic acids is 2. The van der Waals surface area contributed by atoms with Gasteiger partial charge in [0.25, 0.3) is 5.91 Å². The highest BCUT2D eigenvalue weighted by Crippen LogP contribution is 2.35. The van der Waals surface area contributed by atoms with Crippen LogP contribution >= 0.6 is 11.6 Å².